The molecule has 1 N–H and O–H groups in total. The molecular weight excluding hydrogens is 181 g/mol. The first-order chi connectivity index (χ1) is 5.97. The Labute approximate surface area is 73.8 Å². The quantitative estimate of drug-likeness (QED) is 0.758. The molecule has 0 aromatic heterocycles. The summed E-state index contributed by atoms with van der Waals surface area (Å²) in [7, 11) is 0. The summed E-state index contributed by atoms with van der Waals surface area (Å²) in [5.41, 5.74) is -0.199. The predicted octanol–water partition coefficient (Wildman–Crippen LogP) is 2.22. The van der Waals surface area contributed by atoms with Crippen LogP contribution in [0.5, 0.6) is 0 Å². The van der Waals surface area contributed by atoms with E-state index >= 15 is 0 Å². The van der Waals surface area contributed by atoms with E-state index in [0.29, 0.717) is 5.56 Å². The number of aliphatic hydroxyl groups is 1. The summed E-state index contributed by atoms with van der Waals surface area (Å²) < 4.78 is 38.4. The molecule has 0 fully saturated rings. The third kappa shape index (κ3) is 2.01. The standard InChI is InChI=1S/C9H9F3O/c1-6-2-3-7(4-8(6)10)9(11,12)5-13/h2-4,13H,5H2,1H3. The van der Waals surface area contributed by atoms with E-state index in [9.17, 15) is 13.2 Å². The van der Waals surface area contributed by atoms with Gasteiger partial charge in [-0.25, -0.2) is 4.39 Å². The summed E-state index contributed by atoms with van der Waals surface area (Å²) in [6.45, 7) is 0.172. The Kier molecular flexibility index (Phi) is 2.61. The van der Waals surface area contributed by atoms with Gasteiger partial charge in [-0.2, -0.15) is 8.78 Å². The summed E-state index contributed by atoms with van der Waals surface area (Å²) in [5.74, 6) is -4.06. The van der Waals surface area contributed by atoms with Gasteiger partial charge in [-0.05, 0) is 18.6 Å². The highest BCUT2D eigenvalue weighted by Crippen LogP contribution is 2.28. The molecule has 0 saturated carbocycles. The molecule has 0 bridgehead atoms. The topological polar surface area (TPSA) is 20.2 Å². The first-order valence-corrected chi connectivity index (χ1v) is 3.72. The van der Waals surface area contributed by atoms with Crippen LogP contribution in [0, 0.1) is 12.7 Å². The largest absolute Gasteiger partial charge is 0.390 e. The van der Waals surface area contributed by atoms with Crippen LogP contribution in [0.3, 0.4) is 0 Å². The van der Waals surface area contributed by atoms with Crippen molar-refractivity contribution in [3.63, 3.8) is 0 Å². The molecule has 0 unspecified atom stereocenters. The fraction of sp³-hybridized carbons (Fsp3) is 0.333. The van der Waals surface area contributed by atoms with Gasteiger partial charge in [0.25, 0.3) is 5.92 Å². The van der Waals surface area contributed by atoms with Crippen molar-refractivity contribution in [2.45, 2.75) is 12.8 Å². The number of aliphatic hydroxyl groups excluding tert-OH is 1. The predicted molar refractivity (Wildman–Crippen MR) is 42.1 cm³/mol. The minimum atomic E-state index is -3.37. The fourth-order valence-corrected chi connectivity index (χ4v) is 0.912. The molecule has 1 rings (SSSR count). The van der Waals surface area contributed by atoms with Crippen LogP contribution < -0.4 is 0 Å². The average Bonchev–Trinajstić information content (AvgIpc) is 2.09. The van der Waals surface area contributed by atoms with Gasteiger partial charge in [-0.3, -0.25) is 0 Å². The normalized spacial score (nSPS) is 11.8. The molecule has 0 amide bonds. The van der Waals surface area contributed by atoms with E-state index in [1.54, 1.807) is 0 Å². The summed E-state index contributed by atoms with van der Waals surface area (Å²) in [5, 5.41) is 8.34. The third-order valence-corrected chi connectivity index (χ3v) is 1.79. The first-order valence-electron chi connectivity index (χ1n) is 3.72. The van der Waals surface area contributed by atoms with Gasteiger partial charge in [0.15, 0.2) is 0 Å². The van der Waals surface area contributed by atoms with Crippen molar-refractivity contribution < 1.29 is 18.3 Å². The maximum Gasteiger partial charge on any atom is 0.295 e. The molecule has 1 aromatic carbocycles. The Morgan fingerprint density at radius 2 is 2.00 bits per heavy atom. The molecule has 0 saturated heterocycles. The SMILES string of the molecule is Cc1ccc(C(F)(F)CO)cc1F. The van der Waals surface area contributed by atoms with Crippen molar-refractivity contribution in [3.8, 4) is 0 Å². The minimum absolute atomic E-state index is 0.303. The van der Waals surface area contributed by atoms with Gasteiger partial charge in [0.1, 0.15) is 12.4 Å². The van der Waals surface area contributed by atoms with Crippen LogP contribution in [0.25, 0.3) is 0 Å². The van der Waals surface area contributed by atoms with Crippen LogP contribution in [-0.4, -0.2) is 11.7 Å². The minimum Gasteiger partial charge on any atom is -0.390 e. The highest BCUT2D eigenvalue weighted by atomic mass is 19.3. The molecule has 0 atom stereocenters. The second-order valence-corrected chi connectivity index (χ2v) is 2.83. The Balaban J connectivity index is 3.10. The molecule has 0 radical (unpaired) electrons. The molecule has 0 spiro atoms. The monoisotopic (exact) mass is 190 g/mol. The maximum absolute atomic E-state index is 12.8. The van der Waals surface area contributed by atoms with Crippen molar-refractivity contribution in [1.82, 2.24) is 0 Å². The molecule has 13 heavy (non-hydrogen) atoms. The van der Waals surface area contributed by atoms with E-state index in [4.69, 9.17) is 5.11 Å². The zero-order chi connectivity index (χ0) is 10.1. The maximum atomic E-state index is 12.8. The molecule has 1 aromatic rings. The van der Waals surface area contributed by atoms with E-state index in [2.05, 4.69) is 0 Å². The zero-order valence-corrected chi connectivity index (χ0v) is 7.02. The van der Waals surface area contributed by atoms with Crippen LogP contribution in [-0.2, 0) is 5.92 Å². The number of alkyl halides is 2. The molecular formula is C9H9F3O. The Morgan fingerprint density at radius 1 is 1.38 bits per heavy atom. The number of hydrogen-bond acceptors (Lipinski definition) is 1. The van der Waals surface area contributed by atoms with Gasteiger partial charge < -0.3 is 5.11 Å². The van der Waals surface area contributed by atoms with Gasteiger partial charge in [-0.1, -0.05) is 12.1 Å². The van der Waals surface area contributed by atoms with E-state index < -0.39 is 23.9 Å². The van der Waals surface area contributed by atoms with Gasteiger partial charge in [0.2, 0.25) is 0 Å². The van der Waals surface area contributed by atoms with E-state index in [1.165, 1.54) is 13.0 Å². The van der Waals surface area contributed by atoms with Crippen molar-refractivity contribution in [3.05, 3.63) is 35.1 Å². The van der Waals surface area contributed by atoms with Crippen LogP contribution in [0.15, 0.2) is 18.2 Å². The lowest BCUT2D eigenvalue weighted by atomic mass is 10.1. The molecule has 0 aliphatic rings. The van der Waals surface area contributed by atoms with Gasteiger partial charge in [-0.15, -0.1) is 0 Å². The van der Waals surface area contributed by atoms with E-state index in [1.807, 2.05) is 0 Å². The van der Waals surface area contributed by atoms with Gasteiger partial charge >= 0.3 is 0 Å². The summed E-state index contributed by atoms with van der Waals surface area (Å²) in [4.78, 5) is 0. The highest BCUT2D eigenvalue weighted by Gasteiger charge is 2.30. The van der Waals surface area contributed by atoms with Crippen molar-refractivity contribution in [2.24, 2.45) is 0 Å². The average molecular weight is 190 g/mol. The zero-order valence-electron chi connectivity index (χ0n) is 7.02. The molecule has 1 nitrogen and oxygen atoms in total. The van der Waals surface area contributed by atoms with Gasteiger partial charge in [0.05, 0.1) is 0 Å². The van der Waals surface area contributed by atoms with E-state index in [-0.39, 0.29) is 0 Å². The van der Waals surface area contributed by atoms with Crippen LogP contribution >= 0.6 is 0 Å². The number of aryl methyl sites for hydroxylation is 1. The van der Waals surface area contributed by atoms with Crippen molar-refractivity contribution in [2.75, 3.05) is 6.61 Å². The molecule has 0 aliphatic heterocycles. The molecule has 0 heterocycles. The first kappa shape index (κ1) is 10.1. The number of hydrogen-bond donors (Lipinski definition) is 1. The van der Waals surface area contributed by atoms with Crippen LogP contribution in [0.1, 0.15) is 11.1 Å². The third-order valence-electron chi connectivity index (χ3n) is 1.79. The van der Waals surface area contributed by atoms with Crippen molar-refractivity contribution >= 4 is 0 Å². The number of rotatable bonds is 2. The fourth-order valence-electron chi connectivity index (χ4n) is 0.912. The lowest BCUT2D eigenvalue weighted by Gasteiger charge is -2.13. The molecule has 4 heteroatoms. The Bertz CT molecular complexity index is 310. The smallest absolute Gasteiger partial charge is 0.295 e. The van der Waals surface area contributed by atoms with Crippen LogP contribution in [0.4, 0.5) is 13.2 Å². The summed E-state index contributed by atoms with van der Waals surface area (Å²) in [6, 6.07) is 3.11. The number of benzene rings is 1. The number of halogens is 3. The van der Waals surface area contributed by atoms with E-state index in [0.717, 1.165) is 12.1 Å². The molecule has 0 aliphatic carbocycles. The summed E-state index contributed by atoms with van der Waals surface area (Å²) in [6.07, 6.45) is 0. The molecule has 72 valence electrons. The Morgan fingerprint density at radius 3 is 2.46 bits per heavy atom. The Hall–Kier alpha value is -1.03. The highest BCUT2D eigenvalue weighted by molar-refractivity contribution is 5.26. The summed E-state index contributed by atoms with van der Waals surface area (Å²) >= 11 is 0. The lowest BCUT2D eigenvalue weighted by molar-refractivity contribution is -0.0558. The van der Waals surface area contributed by atoms with Gasteiger partial charge in [0, 0.05) is 5.56 Å². The second-order valence-electron chi connectivity index (χ2n) is 2.83. The lowest BCUT2D eigenvalue weighted by Crippen LogP contribution is -2.18. The second kappa shape index (κ2) is 3.38. The van der Waals surface area contributed by atoms with Crippen molar-refractivity contribution in [1.29, 1.82) is 0 Å². The van der Waals surface area contributed by atoms with Crippen LogP contribution in [0.2, 0.25) is 0 Å².